The summed E-state index contributed by atoms with van der Waals surface area (Å²) in [4.78, 5) is 12.5. The second kappa shape index (κ2) is 4.65. The molecule has 0 aromatic carbocycles. The Bertz CT molecular complexity index is 445. The van der Waals surface area contributed by atoms with Gasteiger partial charge in [0.2, 0.25) is 0 Å². The van der Waals surface area contributed by atoms with Crippen LogP contribution in [0.1, 0.15) is 39.2 Å². The molecule has 17 heavy (non-hydrogen) atoms. The summed E-state index contributed by atoms with van der Waals surface area (Å²) in [5.74, 6) is 1.09. The molecule has 1 atom stereocenters. The Morgan fingerprint density at radius 1 is 1.53 bits per heavy atom. The summed E-state index contributed by atoms with van der Waals surface area (Å²) in [6.07, 6.45) is 1.70. The van der Waals surface area contributed by atoms with Crippen molar-refractivity contribution < 1.29 is 9.53 Å². The molecule has 0 amide bonds. The van der Waals surface area contributed by atoms with E-state index in [0.29, 0.717) is 6.61 Å². The summed E-state index contributed by atoms with van der Waals surface area (Å²) in [5.41, 5.74) is 1.58. The fourth-order valence-corrected chi connectivity index (χ4v) is 3.20. The van der Waals surface area contributed by atoms with Crippen molar-refractivity contribution in [1.29, 1.82) is 0 Å². The third-order valence-electron chi connectivity index (χ3n) is 3.59. The Kier molecular flexibility index (Phi) is 3.38. The van der Waals surface area contributed by atoms with Crippen LogP contribution in [0.2, 0.25) is 0 Å². The summed E-state index contributed by atoms with van der Waals surface area (Å²) in [6, 6.07) is 2.06. The first-order valence-corrected chi connectivity index (χ1v) is 6.94. The lowest BCUT2D eigenvalue weighted by molar-refractivity contribution is -0.121. The van der Waals surface area contributed by atoms with Crippen LogP contribution in [0.3, 0.4) is 0 Å². The van der Waals surface area contributed by atoms with Crippen molar-refractivity contribution in [3.63, 3.8) is 0 Å². The zero-order valence-corrected chi connectivity index (χ0v) is 11.4. The Morgan fingerprint density at radius 2 is 2.29 bits per heavy atom. The second-order valence-corrected chi connectivity index (χ2v) is 5.43. The van der Waals surface area contributed by atoms with E-state index in [1.165, 1.54) is 0 Å². The van der Waals surface area contributed by atoms with Crippen LogP contribution < -0.4 is 0 Å². The van der Waals surface area contributed by atoms with E-state index in [-0.39, 0.29) is 11.2 Å². The number of carbonyl (C=O) groups is 1. The van der Waals surface area contributed by atoms with Crippen LogP contribution >= 0.6 is 11.3 Å². The van der Waals surface area contributed by atoms with Gasteiger partial charge >= 0.3 is 0 Å². The third kappa shape index (κ3) is 2.04. The van der Waals surface area contributed by atoms with Crippen LogP contribution in [-0.4, -0.2) is 12.4 Å². The molecule has 1 aliphatic carbocycles. The van der Waals surface area contributed by atoms with Gasteiger partial charge in [-0.2, -0.15) is 11.3 Å². The smallest absolute Gasteiger partial charge is 0.172 e. The van der Waals surface area contributed by atoms with Gasteiger partial charge in [0.15, 0.2) is 5.78 Å². The predicted octanol–water partition coefficient (Wildman–Crippen LogP) is 3.68. The Labute approximate surface area is 106 Å². The largest absolute Gasteiger partial charge is 0.498 e. The van der Waals surface area contributed by atoms with E-state index in [0.717, 1.165) is 29.7 Å². The minimum atomic E-state index is -0.356. The van der Waals surface area contributed by atoms with Crippen molar-refractivity contribution in [2.45, 2.75) is 39.0 Å². The molecule has 0 spiro atoms. The molecule has 2 rings (SSSR count). The SMILES string of the molecule is CCOC1=C(C)C(=O)C(C)(c2ccsc2)CC1. The van der Waals surface area contributed by atoms with Crippen molar-refractivity contribution in [3.8, 4) is 0 Å². The molecule has 0 bridgehead atoms. The van der Waals surface area contributed by atoms with Crippen LogP contribution in [0.4, 0.5) is 0 Å². The molecule has 1 aromatic rings. The van der Waals surface area contributed by atoms with Gasteiger partial charge < -0.3 is 4.74 Å². The molecular formula is C14H18O2S. The van der Waals surface area contributed by atoms with E-state index >= 15 is 0 Å². The van der Waals surface area contributed by atoms with Gasteiger partial charge in [0.1, 0.15) is 5.76 Å². The molecule has 1 aliphatic rings. The van der Waals surface area contributed by atoms with Gasteiger partial charge in [-0.05, 0) is 49.6 Å². The van der Waals surface area contributed by atoms with E-state index in [2.05, 4.69) is 11.4 Å². The first-order chi connectivity index (χ1) is 8.09. The molecule has 1 aromatic heterocycles. The molecule has 0 saturated carbocycles. The maximum atomic E-state index is 12.5. The maximum absolute atomic E-state index is 12.5. The highest BCUT2D eigenvalue weighted by molar-refractivity contribution is 7.08. The minimum absolute atomic E-state index is 0.214. The molecule has 0 saturated heterocycles. The summed E-state index contributed by atoms with van der Waals surface area (Å²) in [7, 11) is 0. The molecule has 1 unspecified atom stereocenters. The van der Waals surface area contributed by atoms with Crippen LogP contribution in [0.5, 0.6) is 0 Å². The highest BCUT2D eigenvalue weighted by atomic mass is 32.1. The number of Topliss-reactive ketones (excluding diaryl/α,β-unsaturated/α-hetero) is 1. The number of ether oxygens (including phenoxy) is 1. The average Bonchev–Trinajstić information content (AvgIpc) is 2.84. The molecule has 2 nitrogen and oxygen atoms in total. The second-order valence-electron chi connectivity index (χ2n) is 4.65. The molecule has 0 radical (unpaired) electrons. The van der Waals surface area contributed by atoms with Crippen LogP contribution in [0.25, 0.3) is 0 Å². The number of hydrogen-bond donors (Lipinski definition) is 0. The lowest BCUT2D eigenvalue weighted by Crippen LogP contribution is -2.36. The molecule has 0 aliphatic heterocycles. The average molecular weight is 250 g/mol. The van der Waals surface area contributed by atoms with Crippen molar-refractivity contribution >= 4 is 17.1 Å². The van der Waals surface area contributed by atoms with Gasteiger partial charge in [-0.25, -0.2) is 0 Å². The Morgan fingerprint density at radius 3 is 2.88 bits per heavy atom. The van der Waals surface area contributed by atoms with E-state index in [9.17, 15) is 4.79 Å². The number of allylic oxidation sites excluding steroid dienone is 2. The van der Waals surface area contributed by atoms with E-state index in [1.807, 2.05) is 26.2 Å². The highest BCUT2D eigenvalue weighted by Crippen LogP contribution is 2.39. The fourth-order valence-electron chi connectivity index (χ4n) is 2.41. The van der Waals surface area contributed by atoms with Gasteiger partial charge in [0.05, 0.1) is 12.0 Å². The zero-order chi connectivity index (χ0) is 12.5. The van der Waals surface area contributed by atoms with E-state index < -0.39 is 0 Å². The van der Waals surface area contributed by atoms with Crippen LogP contribution in [-0.2, 0) is 14.9 Å². The first-order valence-electron chi connectivity index (χ1n) is 5.99. The number of rotatable bonds is 3. The van der Waals surface area contributed by atoms with E-state index in [1.54, 1.807) is 11.3 Å². The Balaban J connectivity index is 2.34. The minimum Gasteiger partial charge on any atom is -0.498 e. The fraction of sp³-hybridized carbons (Fsp3) is 0.500. The number of ketones is 1. The molecule has 0 fully saturated rings. The molecule has 0 N–H and O–H groups in total. The van der Waals surface area contributed by atoms with Crippen molar-refractivity contribution in [2.24, 2.45) is 0 Å². The van der Waals surface area contributed by atoms with Gasteiger partial charge in [0.25, 0.3) is 0 Å². The molecular weight excluding hydrogens is 232 g/mol. The van der Waals surface area contributed by atoms with Crippen molar-refractivity contribution in [2.75, 3.05) is 6.61 Å². The Hall–Kier alpha value is -1.09. The summed E-state index contributed by atoms with van der Waals surface area (Å²) in [5, 5.41) is 4.11. The molecule has 3 heteroatoms. The quantitative estimate of drug-likeness (QED) is 0.818. The summed E-state index contributed by atoms with van der Waals surface area (Å²) >= 11 is 1.65. The lowest BCUT2D eigenvalue weighted by Gasteiger charge is -2.33. The maximum Gasteiger partial charge on any atom is 0.172 e. The number of thiophene rings is 1. The third-order valence-corrected chi connectivity index (χ3v) is 4.27. The van der Waals surface area contributed by atoms with Gasteiger partial charge in [-0.15, -0.1) is 0 Å². The number of hydrogen-bond acceptors (Lipinski definition) is 3. The van der Waals surface area contributed by atoms with Crippen molar-refractivity contribution in [3.05, 3.63) is 33.7 Å². The summed E-state index contributed by atoms with van der Waals surface area (Å²) in [6.45, 7) is 6.52. The van der Waals surface area contributed by atoms with Crippen molar-refractivity contribution in [1.82, 2.24) is 0 Å². The van der Waals surface area contributed by atoms with Gasteiger partial charge in [-0.3, -0.25) is 4.79 Å². The van der Waals surface area contributed by atoms with E-state index in [4.69, 9.17) is 4.74 Å². The number of carbonyl (C=O) groups excluding carboxylic acids is 1. The normalized spacial score (nSPS) is 25.2. The monoisotopic (exact) mass is 250 g/mol. The van der Waals surface area contributed by atoms with Gasteiger partial charge in [-0.1, -0.05) is 0 Å². The zero-order valence-electron chi connectivity index (χ0n) is 10.6. The van der Waals surface area contributed by atoms with Crippen LogP contribution in [0, 0.1) is 0 Å². The molecule has 1 heterocycles. The topological polar surface area (TPSA) is 26.3 Å². The standard InChI is InChI=1S/C14H18O2S/c1-4-16-12-5-7-14(3,13(15)10(12)2)11-6-8-17-9-11/h6,8-9H,4-5,7H2,1-3H3. The first kappa shape index (κ1) is 12.4. The summed E-state index contributed by atoms with van der Waals surface area (Å²) < 4.78 is 5.54. The van der Waals surface area contributed by atoms with Gasteiger partial charge in [0, 0.05) is 12.0 Å². The lowest BCUT2D eigenvalue weighted by atomic mass is 9.70. The van der Waals surface area contributed by atoms with Crippen LogP contribution in [0.15, 0.2) is 28.2 Å². The molecule has 92 valence electrons. The highest BCUT2D eigenvalue weighted by Gasteiger charge is 2.40. The predicted molar refractivity (Wildman–Crippen MR) is 70.2 cm³/mol.